The monoisotopic (exact) mass is 208 g/mol. The molecule has 3 heteroatoms. The molecule has 1 heterocycles. The van der Waals surface area contributed by atoms with Gasteiger partial charge >= 0.3 is 0 Å². The van der Waals surface area contributed by atoms with Gasteiger partial charge in [-0.05, 0) is 32.5 Å². The predicted octanol–water partition coefficient (Wildman–Crippen LogP) is 1.67. The first-order valence-electron chi connectivity index (χ1n) is 5.34. The molecule has 0 bridgehead atoms. The fraction of sp³-hybridized carbons (Fsp3) is 0.583. The maximum absolute atomic E-state index is 9.91. The van der Waals surface area contributed by atoms with Gasteiger partial charge in [-0.15, -0.1) is 0 Å². The van der Waals surface area contributed by atoms with Crippen LogP contribution in [-0.4, -0.2) is 34.2 Å². The lowest BCUT2D eigenvalue weighted by atomic mass is 10.0. The summed E-state index contributed by atoms with van der Waals surface area (Å²) in [6.07, 6.45) is 2.56. The van der Waals surface area contributed by atoms with E-state index in [9.17, 15) is 5.11 Å². The minimum absolute atomic E-state index is 0.608. The van der Waals surface area contributed by atoms with Crippen molar-refractivity contribution < 1.29 is 5.11 Å². The highest BCUT2D eigenvalue weighted by molar-refractivity contribution is 5.03. The van der Waals surface area contributed by atoms with E-state index in [1.807, 2.05) is 39.1 Å². The Balaban J connectivity index is 2.46. The summed E-state index contributed by atoms with van der Waals surface area (Å²) in [7, 11) is 2.00. The van der Waals surface area contributed by atoms with Gasteiger partial charge in [-0.25, -0.2) is 0 Å². The topological polar surface area (TPSA) is 36.4 Å². The second-order valence-corrected chi connectivity index (χ2v) is 4.34. The molecule has 1 aromatic heterocycles. The van der Waals surface area contributed by atoms with E-state index in [1.165, 1.54) is 0 Å². The van der Waals surface area contributed by atoms with E-state index in [0.29, 0.717) is 6.54 Å². The van der Waals surface area contributed by atoms with E-state index in [-0.39, 0.29) is 0 Å². The van der Waals surface area contributed by atoms with E-state index >= 15 is 0 Å². The Morgan fingerprint density at radius 1 is 1.47 bits per heavy atom. The summed E-state index contributed by atoms with van der Waals surface area (Å²) in [6, 6.07) is 5.89. The van der Waals surface area contributed by atoms with Gasteiger partial charge in [0.2, 0.25) is 0 Å². The molecule has 3 nitrogen and oxygen atoms in total. The van der Waals surface area contributed by atoms with Crippen LogP contribution in [0, 0.1) is 0 Å². The van der Waals surface area contributed by atoms with Gasteiger partial charge < -0.3 is 5.11 Å². The van der Waals surface area contributed by atoms with Gasteiger partial charge in [0.15, 0.2) is 0 Å². The van der Waals surface area contributed by atoms with Gasteiger partial charge in [0.05, 0.1) is 11.3 Å². The van der Waals surface area contributed by atoms with Crippen molar-refractivity contribution in [2.24, 2.45) is 0 Å². The zero-order valence-corrected chi connectivity index (χ0v) is 9.77. The first-order chi connectivity index (χ1) is 7.03. The molecule has 1 aromatic rings. The van der Waals surface area contributed by atoms with Crippen LogP contribution < -0.4 is 0 Å². The molecule has 1 unspecified atom stereocenters. The van der Waals surface area contributed by atoms with Gasteiger partial charge in [-0.2, -0.15) is 0 Å². The molecule has 0 aliphatic rings. The molecule has 1 rings (SSSR count). The highest BCUT2D eigenvalue weighted by Crippen LogP contribution is 2.11. The number of likely N-dealkylation sites (N-methyl/N-ethyl adjacent to an activating group) is 1. The van der Waals surface area contributed by atoms with E-state index in [0.717, 1.165) is 18.7 Å². The molecule has 0 aliphatic carbocycles. The fourth-order valence-electron chi connectivity index (χ4n) is 1.52. The van der Waals surface area contributed by atoms with Gasteiger partial charge in [0, 0.05) is 19.3 Å². The number of hydrogen-bond acceptors (Lipinski definition) is 3. The quantitative estimate of drug-likeness (QED) is 0.799. The van der Waals surface area contributed by atoms with E-state index < -0.39 is 5.60 Å². The third-order valence-electron chi connectivity index (χ3n) is 2.53. The largest absolute Gasteiger partial charge is 0.389 e. The molecule has 1 atom stereocenters. The molecular weight excluding hydrogens is 188 g/mol. The lowest BCUT2D eigenvalue weighted by molar-refractivity contribution is 0.0215. The Morgan fingerprint density at radius 3 is 2.73 bits per heavy atom. The van der Waals surface area contributed by atoms with Crippen molar-refractivity contribution in [2.75, 3.05) is 13.6 Å². The third kappa shape index (κ3) is 4.40. The van der Waals surface area contributed by atoms with Gasteiger partial charge in [0.25, 0.3) is 0 Å². The first kappa shape index (κ1) is 12.1. The summed E-state index contributed by atoms with van der Waals surface area (Å²) in [5, 5.41) is 9.91. The summed E-state index contributed by atoms with van der Waals surface area (Å²) in [5.41, 5.74) is 0.427. The molecule has 0 aromatic carbocycles. The number of pyridine rings is 1. The second-order valence-electron chi connectivity index (χ2n) is 4.34. The number of aliphatic hydroxyl groups is 1. The van der Waals surface area contributed by atoms with Crippen LogP contribution in [0.1, 0.15) is 26.0 Å². The first-order valence-corrected chi connectivity index (χ1v) is 5.34. The maximum Gasteiger partial charge on any atom is 0.0743 e. The zero-order valence-electron chi connectivity index (χ0n) is 9.77. The van der Waals surface area contributed by atoms with Crippen molar-refractivity contribution >= 4 is 0 Å². The van der Waals surface area contributed by atoms with Crippen molar-refractivity contribution in [3.63, 3.8) is 0 Å². The third-order valence-corrected chi connectivity index (χ3v) is 2.53. The summed E-state index contributed by atoms with van der Waals surface area (Å²) in [5.74, 6) is 0. The summed E-state index contributed by atoms with van der Waals surface area (Å²) in [6.45, 7) is 5.30. The zero-order chi connectivity index (χ0) is 11.3. The van der Waals surface area contributed by atoms with Gasteiger partial charge in [0.1, 0.15) is 0 Å². The Bertz CT molecular complexity index is 285. The maximum atomic E-state index is 9.91. The van der Waals surface area contributed by atoms with Gasteiger partial charge in [-0.1, -0.05) is 13.0 Å². The van der Waals surface area contributed by atoms with Crippen molar-refractivity contribution in [3.05, 3.63) is 30.1 Å². The molecular formula is C12H20N2O. The molecule has 0 fully saturated rings. The van der Waals surface area contributed by atoms with E-state index in [2.05, 4.69) is 9.88 Å². The Kier molecular flexibility index (Phi) is 4.24. The molecule has 0 aliphatic heterocycles. The SMILES string of the molecule is CCC(C)(O)CN(C)Cc1ccccn1. The van der Waals surface area contributed by atoms with Crippen molar-refractivity contribution in [1.82, 2.24) is 9.88 Å². The average Bonchev–Trinajstić information content (AvgIpc) is 2.18. The minimum Gasteiger partial charge on any atom is -0.389 e. The lowest BCUT2D eigenvalue weighted by Gasteiger charge is -2.27. The smallest absolute Gasteiger partial charge is 0.0743 e. The fourth-order valence-corrected chi connectivity index (χ4v) is 1.52. The number of hydrogen-bond donors (Lipinski definition) is 1. The summed E-state index contributed by atoms with van der Waals surface area (Å²) >= 11 is 0. The second kappa shape index (κ2) is 5.24. The minimum atomic E-state index is -0.608. The van der Waals surface area contributed by atoms with Gasteiger partial charge in [-0.3, -0.25) is 9.88 Å². The molecule has 84 valence electrons. The van der Waals surface area contributed by atoms with Crippen LogP contribution in [0.5, 0.6) is 0 Å². The molecule has 0 saturated carbocycles. The summed E-state index contributed by atoms with van der Waals surface area (Å²) in [4.78, 5) is 6.34. The molecule has 15 heavy (non-hydrogen) atoms. The average molecular weight is 208 g/mol. The van der Waals surface area contributed by atoms with Crippen LogP contribution in [0.4, 0.5) is 0 Å². The molecule has 0 radical (unpaired) electrons. The lowest BCUT2D eigenvalue weighted by Crippen LogP contribution is -2.38. The van der Waals surface area contributed by atoms with E-state index in [1.54, 1.807) is 6.20 Å². The Hall–Kier alpha value is -0.930. The number of rotatable bonds is 5. The molecule has 0 spiro atoms. The van der Waals surface area contributed by atoms with Crippen molar-refractivity contribution in [1.29, 1.82) is 0 Å². The van der Waals surface area contributed by atoms with Crippen LogP contribution in [-0.2, 0) is 6.54 Å². The Labute approximate surface area is 91.8 Å². The molecule has 0 amide bonds. The van der Waals surface area contributed by atoms with Crippen LogP contribution >= 0.6 is 0 Å². The number of aromatic nitrogens is 1. The normalized spacial score (nSPS) is 15.3. The van der Waals surface area contributed by atoms with Crippen molar-refractivity contribution in [2.45, 2.75) is 32.4 Å². The molecule has 1 N–H and O–H groups in total. The van der Waals surface area contributed by atoms with E-state index in [4.69, 9.17) is 0 Å². The van der Waals surface area contributed by atoms with Crippen LogP contribution in [0.15, 0.2) is 24.4 Å². The van der Waals surface area contributed by atoms with Crippen LogP contribution in [0.3, 0.4) is 0 Å². The highest BCUT2D eigenvalue weighted by Gasteiger charge is 2.19. The predicted molar refractivity (Wildman–Crippen MR) is 61.5 cm³/mol. The summed E-state index contributed by atoms with van der Waals surface area (Å²) < 4.78 is 0. The number of nitrogens with zero attached hydrogens (tertiary/aromatic N) is 2. The van der Waals surface area contributed by atoms with Crippen LogP contribution in [0.25, 0.3) is 0 Å². The highest BCUT2D eigenvalue weighted by atomic mass is 16.3. The Morgan fingerprint density at radius 2 is 2.20 bits per heavy atom. The standard InChI is InChI=1S/C12H20N2O/c1-4-12(2,15)10-14(3)9-11-7-5-6-8-13-11/h5-8,15H,4,9-10H2,1-3H3. The molecule has 0 saturated heterocycles. The van der Waals surface area contributed by atoms with Crippen LogP contribution in [0.2, 0.25) is 0 Å². The van der Waals surface area contributed by atoms with Crippen molar-refractivity contribution in [3.8, 4) is 0 Å².